The van der Waals surface area contributed by atoms with E-state index in [2.05, 4.69) is 23.1 Å². The minimum absolute atomic E-state index is 0.731. The molecule has 0 aliphatic rings. The third kappa shape index (κ3) is 4.19. The highest BCUT2D eigenvalue weighted by Gasteiger charge is 2.08. The van der Waals surface area contributed by atoms with E-state index in [9.17, 15) is 0 Å². The third-order valence-corrected chi connectivity index (χ3v) is 3.41. The van der Waals surface area contributed by atoms with Crippen molar-refractivity contribution < 1.29 is 0 Å². The summed E-state index contributed by atoms with van der Waals surface area (Å²) in [5, 5.41) is 5.33. The quantitative estimate of drug-likeness (QED) is 0.508. The van der Waals surface area contributed by atoms with Crippen molar-refractivity contribution in [2.45, 2.75) is 25.9 Å². The van der Waals surface area contributed by atoms with Crippen molar-refractivity contribution in [2.75, 3.05) is 5.75 Å². The van der Waals surface area contributed by atoms with Crippen molar-refractivity contribution in [3.63, 3.8) is 0 Å². The Morgan fingerprint density at radius 2 is 2.22 bits per heavy atom. The van der Waals surface area contributed by atoms with Gasteiger partial charge >= 0.3 is 0 Å². The fraction of sp³-hybridized carbons (Fsp3) is 1.00. The smallest absolute Gasteiger partial charge is 0.0108 e. The highest BCUT2D eigenvalue weighted by Crippen LogP contribution is 2.18. The van der Waals surface area contributed by atoms with E-state index in [1.165, 1.54) is 18.4 Å². The Labute approximate surface area is 64.5 Å². The molecular weight excluding hydrogens is 149 g/mol. The molecule has 0 aliphatic carbocycles. The summed E-state index contributed by atoms with van der Waals surface area (Å²) < 4.78 is 0. The first-order chi connectivity index (χ1) is 4.22. The summed E-state index contributed by atoms with van der Waals surface area (Å²) in [6.45, 7) is 4.44. The molecule has 0 fully saturated rings. The first-order valence-electron chi connectivity index (χ1n) is 3.29. The Hall–Kier alpha value is 0.740. The van der Waals surface area contributed by atoms with E-state index in [1.807, 2.05) is 0 Å². The second kappa shape index (κ2) is 5.52. The van der Waals surface area contributed by atoms with Gasteiger partial charge in [-0.05, 0) is 18.0 Å². The van der Waals surface area contributed by atoms with Crippen LogP contribution < -0.4 is 5.14 Å². The van der Waals surface area contributed by atoms with Gasteiger partial charge in [0.1, 0.15) is 0 Å². The van der Waals surface area contributed by atoms with Gasteiger partial charge in [-0.15, -0.1) is 9.24 Å². The van der Waals surface area contributed by atoms with Gasteiger partial charge in [0.2, 0.25) is 0 Å². The first-order valence-corrected chi connectivity index (χ1v) is 5.01. The first kappa shape index (κ1) is 9.74. The van der Waals surface area contributed by atoms with Gasteiger partial charge < -0.3 is 0 Å². The van der Waals surface area contributed by atoms with Gasteiger partial charge in [-0.2, -0.15) is 0 Å². The van der Waals surface area contributed by atoms with E-state index in [1.54, 1.807) is 0 Å². The predicted octanol–water partition coefficient (Wildman–Crippen LogP) is 1.88. The summed E-state index contributed by atoms with van der Waals surface area (Å²) in [4.78, 5) is 0. The Balaban J connectivity index is 3.32. The lowest BCUT2D eigenvalue weighted by Crippen LogP contribution is -2.12. The van der Waals surface area contributed by atoms with Crippen LogP contribution in [0.5, 0.6) is 0 Å². The highest BCUT2D eigenvalue weighted by atomic mass is 32.2. The van der Waals surface area contributed by atoms with Gasteiger partial charge in [0, 0.05) is 5.75 Å². The van der Waals surface area contributed by atoms with E-state index >= 15 is 0 Å². The normalized spacial score (nSPS) is 17.3. The van der Waals surface area contributed by atoms with Crippen LogP contribution >= 0.6 is 21.2 Å². The molecule has 0 rings (SSSR count). The van der Waals surface area contributed by atoms with E-state index in [0.29, 0.717) is 0 Å². The average Bonchev–Trinajstić information content (AvgIpc) is 1.87. The summed E-state index contributed by atoms with van der Waals surface area (Å²) >= 11 is 1.44. The van der Waals surface area contributed by atoms with Crippen molar-refractivity contribution in [3.8, 4) is 0 Å². The number of hydrogen-bond donors (Lipinski definition) is 1. The Bertz CT molecular complexity index is 70.1. The molecule has 0 radical (unpaired) electrons. The van der Waals surface area contributed by atoms with Crippen LogP contribution in [-0.4, -0.2) is 11.4 Å². The molecule has 0 aromatic carbocycles. The topological polar surface area (TPSA) is 26.0 Å². The largest absolute Gasteiger partial charge is 0.278 e. The van der Waals surface area contributed by atoms with Gasteiger partial charge in [-0.1, -0.05) is 25.8 Å². The highest BCUT2D eigenvalue weighted by molar-refractivity contribution is 7.97. The van der Waals surface area contributed by atoms with E-state index in [0.717, 1.165) is 17.3 Å². The lowest BCUT2D eigenvalue weighted by atomic mass is 10.1. The van der Waals surface area contributed by atoms with Gasteiger partial charge in [-0.25, -0.2) is 0 Å². The number of rotatable bonds is 4. The van der Waals surface area contributed by atoms with Crippen LogP contribution in [0.2, 0.25) is 0 Å². The third-order valence-electron chi connectivity index (χ3n) is 1.56. The van der Waals surface area contributed by atoms with E-state index < -0.39 is 0 Å². The zero-order valence-electron chi connectivity index (χ0n) is 6.13. The van der Waals surface area contributed by atoms with Crippen LogP contribution in [0.15, 0.2) is 0 Å². The summed E-state index contributed by atoms with van der Waals surface area (Å²) in [5.41, 5.74) is 0.737. The molecule has 0 bridgehead atoms. The maximum absolute atomic E-state index is 5.33. The standard InChI is InChI=1S/C6H16NPS/c1-3-6(8)5(2)4-9-7/h5-6H,3-4,7-8H2,1-2H3/t5?,6-/m1/s1. The van der Waals surface area contributed by atoms with Crippen LogP contribution in [0.1, 0.15) is 20.3 Å². The van der Waals surface area contributed by atoms with Crippen molar-refractivity contribution in [1.82, 2.24) is 0 Å². The molecule has 0 aromatic rings. The van der Waals surface area contributed by atoms with Crippen molar-refractivity contribution in [2.24, 2.45) is 11.1 Å². The molecule has 9 heavy (non-hydrogen) atoms. The fourth-order valence-electron chi connectivity index (χ4n) is 0.678. The number of hydrogen-bond acceptors (Lipinski definition) is 2. The van der Waals surface area contributed by atoms with Crippen LogP contribution in [-0.2, 0) is 0 Å². The van der Waals surface area contributed by atoms with E-state index in [-0.39, 0.29) is 0 Å². The molecule has 3 heteroatoms. The second-order valence-corrected chi connectivity index (χ2v) is 3.91. The van der Waals surface area contributed by atoms with Crippen LogP contribution in [0.4, 0.5) is 0 Å². The van der Waals surface area contributed by atoms with Gasteiger partial charge in [0.15, 0.2) is 0 Å². The van der Waals surface area contributed by atoms with Gasteiger partial charge in [0.25, 0.3) is 0 Å². The molecule has 0 saturated heterocycles. The van der Waals surface area contributed by atoms with E-state index in [4.69, 9.17) is 5.14 Å². The molecule has 0 aliphatic heterocycles. The Morgan fingerprint density at radius 3 is 2.56 bits per heavy atom. The molecule has 0 heterocycles. The molecule has 56 valence electrons. The summed E-state index contributed by atoms with van der Waals surface area (Å²) in [5.74, 6) is 1.80. The SMILES string of the molecule is CC[C@@H](P)C(C)CSN. The molecule has 2 unspecified atom stereocenters. The Morgan fingerprint density at radius 1 is 1.67 bits per heavy atom. The summed E-state index contributed by atoms with van der Waals surface area (Å²) in [6, 6.07) is 0. The lowest BCUT2D eigenvalue weighted by Gasteiger charge is -2.15. The monoisotopic (exact) mass is 165 g/mol. The zero-order valence-corrected chi connectivity index (χ0v) is 8.10. The van der Waals surface area contributed by atoms with Crippen molar-refractivity contribution in [1.29, 1.82) is 0 Å². The van der Waals surface area contributed by atoms with Crippen molar-refractivity contribution >= 4 is 21.2 Å². The summed E-state index contributed by atoms with van der Waals surface area (Å²) in [6.07, 6.45) is 1.23. The molecular formula is C6H16NPS. The maximum Gasteiger partial charge on any atom is 0.0108 e. The average molecular weight is 165 g/mol. The van der Waals surface area contributed by atoms with Crippen LogP contribution in [0.3, 0.4) is 0 Å². The van der Waals surface area contributed by atoms with Gasteiger partial charge in [0.05, 0.1) is 0 Å². The molecule has 0 spiro atoms. The fourth-order valence-corrected chi connectivity index (χ4v) is 1.56. The van der Waals surface area contributed by atoms with Crippen molar-refractivity contribution in [3.05, 3.63) is 0 Å². The van der Waals surface area contributed by atoms with Gasteiger partial charge in [-0.3, -0.25) is 5.14 Å². The Kier molecular flexibility index (Phi) is 5.97. The molecule has 0 aromatic heterocycles. The molecule has 0 amide bonds. The van der Waals surface area contributed by atoms with Crippen LogP contribution in [0, 0.1) is 5.92 Å². The number of nitrogens with two attached hydrogens (primary N) is 1. The zero-order chi connectivity index (χ0) is 7.28. The molecule has 0 saturated carbocycles. The molecule has 2 N–H and O–H groups in total. The molecule has 3 atom stereocenters. The minimum Gasteiger partial charge on any atom is -0.278 e. The van der Waals surface area contributed by atoms with Crippen LogP contribution in [0.25, 0.3) is 0 Å². The second-order valence-electron chi connectivity index (χ2n) is 2.38. The lowest BCUT2D eigenvalue weighted by molar-refractivity contribution is 0.603. The maximum atomic E-state index is 5.33. The minimum atomic E-state index is 0.731. The molecule has 1 nitrogen and oxygen atoms in total. The predicted molar refractivity (Wildman–Crippen MR) is 49.6 cm³/mol. The summed E-state index contributed by atoms with van der Waals surface area (Å²) in [7, 11) is 2.85.